The Balaban J connectivity index is 1.56. The van der Waals surface area contributed by atoms with Gasteiger partial charge in [0.2, 0.25) is 0 Å². The van der Waals surface area contributed by atoms with Gasteiger partial charge in [-0.05, 0) is 38.8 Å². The van der Waals surface area contributed by atoms with Crippen LogP contribution in [0, 0.1) is 0 Å². The molecular weight excluding hydrogens is 196 g/mol. The maximum absolute atomic E-state index is 3.77. The Morgan fingerprint density at radius 2 is 1.44 bits per heavy atom. The summed E-state index contributed by atoms with van der Waals surface area (Å²) >= 11 is 0. The van der Waals surface area contributed by atoms with Crippen LogP contribution in [0.3, 0.4) is 0 Å². The number of nitrogens with zero attached hydrogens (tertiary/aromatic N) is 1. The van der Waals surface area contributed by atoms with E-state index >= 15 is 0 Å². The van der Waals surface area contributed by atoms with E-state index in [0.29, 0.717) is 0 Å². The van der Waals surface area contributed by atoms with Gasteiger partial charge in [-0.25, -0.2) is 0 Å². The lowest BCUT2D eigenvalue weighted by molar-refractivity contribution is 0.313. The molecule has 0 atom stereocenters. The van der Waals surface area contributed by atoms with E-state index in [1.54, 1.807) is 0 Å². The molecule has 16 heavy (non-hydrogen) atoms. The number of nitrogens with one attached hydrogen (secondary N) is 1. The lowest BCUT2D eigenvalue weighted by atomic mass is 9.97. The van der Waals surface area contributed by atoms with Crippen molar-refractivity contribution in [3.63, 3.8) is 0 Å². The van der Waals surface area contributed by atoms with Crippen molar-refractivity contribution in [1.29, 1.82) is 0 Å². The molecule has 1 saturated carbocycles. The van der Waals surface area contributed by atoms with Gasteiger partial charge in [0, 0.05) is 19.1 Å². The molecule has 0 unspecified atom stereocenters. The first kappa shape index (κ1) is 12.4. The SMILES string of the molecule is C1CCCC(NCCN2CCCC2)CCC1. The highest BCUT2D eigenvalue weighted by Crippen LogP contribution is 2.17. The van der Waals surface area contributed by atoms with Crippen molar-refractivity contribution in [2.24, 2.45) is 0 Å². The van der Waals surface area contributed by atoms with Crippen LogP contribution in [-0.2, 0) is 0 Å². The first-order chi connectivity index (χ1) is 7.95. The Hall–Kier alpha value is -0.0800. The fourth-order valence-corrected chi connectivity index (χ4v) is 3.09. The van der Waals surface area contributed by atoms with Gasteiger partial charge in [-0.15, -0.1) is 0 Å². The van der Waals surface area contributed by atoms with Gasteiger partial charge in [0.15, 0.2) is 0 Å². The van der Waals surface area contributed by atoms with Crippen molar-refractivity contribution >= 4 is 0 Å². The monoisotopic (exact) mass is 224 g/mol. The van der Waals surface area contributed by atoms with E-state index in [1.165, 1.54) is 84.0 Å². The summed E-state index contributed by atoms with van der Waals surface area (Å²) in [6.07, 6.45) is 13.0. The van der Waals surface area contributed by atoms with Gasteiger partial charge in [0.1, 0.15) is 0 Å². The van der Waals surface area contributed by atoms with Gasteiger partial charge in [0.05, 0.1) is 0 Å². The molecule has 1 aliphatic carbocycles. The smallest absolute Gasteiger partial charge is 0.0107 e. The second kappa shape index (κ2) is 7.29. The Morgan fingerprint density at radius 1 is 0.812 bits per heavy atom. The average molecular weight is 224 g/mol. The van der Waals surface area contributed by atoms with Crippen molar-refractivity contribution in [3.8, 4) is 0 Å². The minimum absolute atomic E-state index is 0.822. The topological polar surface area (TPSA) is 15.3 Å². The fourth-order valence-electron chi connectivity index (χ4n) is 3.09. The summed E-state index contributed by atoms with van der Waals surface area (Å²) in [5, 5.41) is 3.77. The Labute approximate surface area is 101 Å². The summed E-state index contributed by atoms with van der Waals surface area (Å²) in [6, 6.07) is 0.822. The van der Waals surface area contributed by atoms with Gasteiger partial charge in [0.25, 0.3) is 0 Å². The van der Waals surface area contributed by atoms with Gasteiger partial charge in [-0.1, -0.05) is 32.1 Å². The quantitative estimate of drug-likeness (QED) is 0.790. The summed E-state index contributed by atoms with van der Waals surface area (Å²) in [6.45, 7) is 5.17. The molecule has 2 aliphatic rings. The normalized spacial score (nSPS) is 25.5. The molecule has 0 bridgehead atoms. The third-order valence-electron chi connectivity index (χ3n) is 4.16. The molecule has 0 radical (unpaired) electrons. The van der Waals surface area contributed by atoms with E-state index in [-0.39, 0.29) is 0 Å². The van der Waals surface area contributed by atoms with Gasteiger partial charge >= 0.3 is 0 Å². The van der Waals surface area contributed by atoms with Gasteiger partial charge in [-0.3, -0.25) is 0 Å². The number of rotatable bonds is 4. The van der Waals surface area contributed by atoms with Crippen molar-refractivity contribution in [3.05, 3.63) is 0 Å². The first-order valence-electron chi connectivity index (χ1n) is 7.41. The number of hydrogen-bond donors (Lipinski definition) is 1. The Bertz CT molecular complexity index is 168. The predicted molar refractivity (Wildman–Crippen MR) is 69.8 cm³/mol. The third-order valence-corrected chi connectivity index (χ3v) is 4.16. The van der Waals surface area contributed by atoms with Crippen LogP contribution < -0.4 is 5.32 Å². The van der Waals surface area contributed by atoms with E-state index in [1.807, 2.05) is 0 Å². The van der Waals surface area contributed by atoms with Crippen molar-refractivity contribution in [2.75, 3.05) is 26.2 Å². The molecule has 0 spiro atoms. The van der Waals surface area contributed by atoms with Crippen LogP contribution in [0.2, 0.25) is 0 Å². The molecule has 1 aliphatic heterocycles. The Kier molecular flexibility index (Phi) is 5.64. The molecule has 1 heterocycles. The molecule has 2 nitrogen and oxygen atoms in total. The van der Waals surface area contributed by atoms with E-state index < -0.39 is 0 Å². The number of hydrogen-bond acceptors (Lipinski definition) is 2. The fraction of sp³-hybridized carbons (Fsp3) is 1.00. The van der Waals surface area contributed by atoms with E-state index in [4.69, 9.17) is 0 Å². The molecule has 94 valence electrons. The molecule has 1 saturated heterocycles. The average Bonchev–Trinajstić information content (AvgIpc) is 2.73. The van der Waals surface area contributed by atoms with Crippen molar-refractivity contribution in [1.82, 2.24) is 10.2 Å². The lowest BCUT2D eigenvalue weighted by Gasteiger charge is -2.22. The summed E-state index contributed by atoms with van der Waals surface area (Å²) in [5.41, 5.74) is 0. The van der Waals surface area contributed by atoms with Crippen LogP contribution in [0.5, 0.6) is 0 Å². The zero-order valence-corrected chi connectivity index (χ0v) is 10.7. The molecule has 0 aromatic rings. The van der Waals surface area contributed by atoms with E-state index in [0.717, 1.165) is 6.04 Å². The molecule has 1 N–H and O–H groups in total. The number of likely N-dealkylation sites (tertiary alicyclic amines) is 1. The van der Waals surface area contributed by atoms with Crippen molar-refractivity contribution < 1.29 is 0 Å². The standard InChI is InChI=1S/C14H28N2/c1-2-4-8-14(9-5-3-1)15-10-13-16-11-6-7-12-16/h14-15H,1-13H2. The van der Waals surface area contributed by atoms with Crippen LogP contribution in [0.25, 0.3) is 0 Å². The first-order valence-corrected chi connectivity index (χ1v) is 7.41. The summed E-state index contributed by atoms with van der Waals surface area (Å²) in [4.78, 5) is 2.61. The van der Waals surface area contributed by atoms with Crippen LogP contribution in [0.4, 0.5) is 0 Å². The maximum atomic E-state index is 3.77. The molecular formula is C14H28N2. The van der Waals surface area contributed by atoms with Gasteiger partial charge < -0.3 is 10.2 Å². The largest absolute Gasteiger partial charge is 0.313 e. The highest BCUT2D eigenvalue weighted by Gasteiger charge is 2.13. The third kappa shape index (κ3) is 4.42. The molecule has 0 aromatic carbocycles. The van der Waals surface area contributed by atoms with Crippen LogP contribution in [0.1, 0.15) is 57.8 Å². The molecule has 2 fully saturated rings. The van der Waals surface area contributed by atoms with Crippen LogP contribution >= 0.6 is 0 Å². The molecule has 2 rings (SSSR count). The highest BCUT2D eigenvalue weighted by atomic mass is 15.2. The minimum atomic E-state index is 0.822. The lowest BCUT2D eigenvalue weighted by Crippen LogP contribution is -2.36. The second-order valence-corrected chi connectivity index (χ2v) is 5.54. The predicted octanol–water partition coefficient (Wildman–Crippen LogP) is 2.78. The Morgan fingerprint density at radius 3 is 2.12 bits per heavy atom. The summed E-state index contributed by atoms with van der Waals surface area (Å²) < 4.78 is 0. The van der Waals surface area contributed by atoms with Crippen LogP contribution in [-0.4, -0.2) is 37.1 Å². The minimum Gasteiger partial charge on any atom is -0.313 e. The van der Waals surface area contributed by atoms with Gasteiger partial charge in [-0.2, -0.15) is 0 Å². The van der Waals surface area contributed by atoms with Crippen LogP contribution in [0.15, 0.2) is 0 Å². The van der Waals surface area contributed by atoms with E-state index in [9.17, 15) is 0 Å². The summed E-state index contributed by atoms with van der Waals surface area (Å²) in [5.74, 6) is 0. The highest BCUT2D eigenvalue weighted by molar-refractivity contribution is 4.72. The van der Waals surface area contributed by atoms with Crippen molar-refractivity contribution in [2.45, 2.75) is 63.8 Å². The zero-order valence-electron chi connectivity index (χ0n) is 10.7. The second-order valence-electron chi connectivity index (χ2n) is 5.54. The molecule has 0 aromatic heterocycles. The maximum Gasteiger partial charge on any atom is 0.0107 e. The summed E-state index contributed by atoms with van der Waals surface area (Å²) in [7, 11) is 0. The molecule has 0 amide bonds. The van der Waals surface area contributed by atoms with E-state index in [2.05, 4.69) is 10.2 Å². The molecule has 2 heteroatoms. The zero-order chi connectivity index (χ0) is 11.1.